The van der Waals surface area contributed by atoms with Crippen molar-refractivity contribution in [2.24, 2.45) is 0 Å². The van der Waals surface area contributed by atoms with E-state index >= 15 is 0 Å². The second-order valence-electron chi connectivity index (χ2n) is 4.22. The fourth-order valence-electron chi connectivity index (χ4n) is 2.02. The zero-order valence-corrected chi connectivity index (χ0v) is 10.9. The van der Waals surface area contributed by atoms with Crippen LogP contribution >= 0.6 is 11.3 Å². The van der Waals surface area contributed by atoms with Crippen LogP contribution in [0.4, 0.5) is 0 Å². The molecule has 1 fully saturated rings. The largest absolute Gasteiger partial charge is 0.378 e. The number of nitriles is 1. The van der Waals surface area contributed by atoms with E-state index in [1.54, 1.807) is 11.3 Å². The zero-order valence-electron chi connectivity index (χ0n) is 10.1. The van der Waals surface area contributed by atoms with Crippen LogP contribution in [0.1, 0.15) is 29.6 Å². The molecule has 0 radical (unpaired) electrons. The van der Waals surface area contributed by atoms with E-state index in [1.807, 2.05) is 6.92 Å². The smallest absolute Gasteiger partial charge is 0.112 e. The lowest BCUT2D eigenvalue weighted by atomic mass is 10.2. The van der Waals surface area contributed by atoms with Gasteiger partial charge in [-0.2, -0.15) is 5.26 Å². The highest BCUT2D eigenvalue weighted by atomic mass is 32.1. The van der Waals surface area contributed by atoms with Crippen molar-refractivity contribution in [3.8, 4) is 6.07 Å². The molecule has 1 aliphatic heterocycles. The summed E-state index contributed by atoms with van der Waals surface area (Å²) in [6.07, 6.45) is 1.55. The Morgan fingerprint density at radius 3 is 3.29 bits per heavy atom. The molecule has 0 aromatic carbocycles. The molecule has 2 rings (SSSR count). The number of hydrogen-bond acceptors (Lipinski definition) is 5. The first-order valence-corrected chi connectivity index (χ1v) is 6.80. The molecule has 1 saturated heterocycles. The normalized spacial score (nSPS) is 21.3. The van der Waals surface area contributed by atoms with Crippen molar-refractivity contribution in [2.75, 3.05) is 26.3 Å². The van der Waals surface area contributed by atoms with Crippen LogP contribution in [0.15, 0.2) is 5.38 Å². The van der Waals surface area contributed by atoms with E-state index in [4.69, 9.17) is 10.00 Å². The van der Waals surface area contributed by atoms with Crippen molar-refractivity contribution >= 4 is 11.3 Å². The van der Waals surface area contributed by atoms with Crippen molar-refractivity contribution in [3.63, 3.8) is 0 Å². The maximum absolute atomic E-state index is 8.58. The van der Waals surface area contributed by atoms with Gasteiger partial charge in [0.1, 0.15) is 5.01 Å². The van der Waals surface area contributed by atoms with Gasteiger partial charge in [0.05, 0.1) is 25.3 Å². The first-order valence-electron chi connectivity index (χ1n) is 5.92. The number of hydrogen-bond donors (Lipinski definition) is 0. The van der Waals surface area contributed by atoms with Crippen molar-refractivity contribution in [3.05, 3.63) is 16.1 Å². The topological polar surface area (TPSA) is 49.1 Å². The molecule has 0 bridgehead atoms. The number of unbranched alkanes of at least 4 members (excludes halogenated alkanes) is 1. The highest BCUT2D eigenvalue weighted by Gasteiger charge is 2.26. The van der Waals surface area contributed by atoms with Gasteiger partial charge in [-0.1, -0.05) is 0 Å². The third-order valence-corrected chi connectivity index (χ3v) is 3.96. The van der Waals surface area contributed by atoms with Crippen LogP contribution in [0.25, 0.3) is 0 Å². The van der Waals surface area contributed by atoms with Gasteiger partial charge < -0.3 is 4.74 Å². The van der Waals surface area contributed by atoms with Gasteiger partial charge in [-0.05, 0) is 19.9 Å². The fourth-order valence-corrected chi connectivity index (χ4v) is 2.93. The first kappa shape index (κ1) is 12.5. The van der Waals surface area contributed by atoms with Crippen molar-refractivity contribution < 1.29 is 4.74 Å². The molecule has 2 heterocycles. The van der Waals surface area contributed by atoms with Gasteiger partial charge in [-0.25, -0.2) is 4.98 Å². The number of morpholine rings is 1. The summed E-state index contributed by atoms with van der Waals surface area (Å²) < 4.78 is 5.54. The quantitative estimate of drug-likeness (QED) is 0.769. The monoisotopic (exact) mass is 251 g/mol. The van der Waals surface area contributed by atoms with E-state index in [1.165, 1.54) is 0 Å². The summed E-state index contributed by atoms with van der Waals surface area (Å²) in [7, 11) is 0. The summed E-state index contributed by atoms with van der Waals surface area (Å²) in [5.41, 5.74) is 1.08. The molecule has 1 aromatic heterocycles. The summed E-state index contributed by atoms with van der Waals surface area (Å²) in [6, 6.07) is 2.47. The van der Waals surface area contributed by atoms with E-state index < -0.39 is 0 Å². The van der Waals surface area contributed by atoms with E-state index in [0.29, 0.717) is 6.42 Å². The highest BCUT2D eigenvalue weighted by Crippen LogP contribution is 2.26. The maximum atomic E-state index is 8.58. The van der Waals surface area contributed by atoms with Gasteiger partial charge in [0.2, 0.25) is 0 Å². The van der Waals surface area contributed by atoms with Crippen LogP contribution in [0.3, 0.4) is 0 Å². The Bertz CT molecular complexity index is 399. The Kier molecular flexibility index (Phi) is 4.49. The molecule has 0 saturated carbocycles. The lowest BCUT2D eigenvalue weighted by Crippen LogP contribution is -2.40. The number of nitrogens with zero attached hydrogens (tertiary/aromatic N) is 3. The second kappa shape index (κ2) is 6.10. The van der Waals surface area contributed by atoms with Gasteiger partial charge in [-0.15, -0.1) is 11.3 Å². The van der Waals surface area contributed by atoms with Crippen LogP contribution < -0.4 is 0 Å². The molecular formula is C12H17N3OS. The van der Waals surface area contributed by atoms with Gasteiger partial charge in [-0.3, -0.25) is 4.90 Å². The Morgan fingerprint density at radius 1 is 1.71 bits per heavy atom. The van der Waals surface area contributed by atoms with Crippen LogP contribution in [0.2, 0.25) is 0 Å². The Morgan fingerprint density at radius 2 is 2.59 bits per heavy atom. The van der Waals surface area contributed by atoms with Gasteiger partial charge in [0.15, 0.2) is 0 Å². The molecule has 4 nitrogen and oxygen atoms in total. The molecule has 0 N–H and O–H groups in total. The van der Waals surface area contributed by atoms with E-state index in [0.717, 1.165) is 43.4 Å². The summed E-state index contributed by atoms with van der Waals surface area (Å²) in [5, 5.41) is 11.8. The van der Waals surface area contributed by atoms with Crippen LogP contribution in [-0.4, -0.2) is 36.2 Å². The molecule has 0 aliphatic carbocycles. The van der Waals surface area contributed by atoms with Gasteiger partial charge >= 0.3 is 0 Å². The number of ether oxygens (including phenoxy) is 1. The molecule has 1 atom stereocenters. The average Bonchev–Trinajstić information content (AvgIpc) is 2.77. The third-order valence-electron chi connectivity index (χ3n) is 2.90. The summed E-state index contributed by atoms with van der Waals surface area (Å²) >= 11 is 1.70. The fraction of sp³-hybridized carbons (Fsp3) is 0.667. The van der Waals surface area contributed by atoms with Gasteiger partial charge in [0, 0.05) is 24.0 Å². The standard InChI is InChI=1S/C12H17N3OS/c1-10-9-17-12(14-10)11-8-16-7-6-15(11)5-3-2-4-13/h9,11H,2-3,5-8H2,1H3/t11-/m1/s1. The summed E-state index contributed by atoms with van der Waals surface area (Å²) in [5.74, 6) is 0. The lowest BCUT2D eigenvalue weighted by Gasteiger charge is -2.34. The predicted molar refractivity (Wildman–Crippen MR) is 66.8 cm³/mol. The first-order chi connectivity index (χ1) is 8.31. The second-order valence-corrected chi connectivity index (χ2v) is 5.11. The van der Waals surface area contributed by atoms with Crippen molar-refractivity contribution in [1.82, 2.24) is 9.88 Å². The Labute approximate surface area is 106 Å². The molecule has 0 amide bonds. The SMILES string of the molecule is Cc1csc([C@H]2COCCN2CCCC#N)n1. The van der Waals surface area contributed by atoms with E-state index in [2.05, 4.69) is 21.3 Å². The average molecular weight is 251 g/mol. The Hall–Kier alpha value is -0.960. The highest BCUT2D eigenvalue weighted by molar-refractivity contribution is 7.09. The molecule has 17 heavy (non-hydrogen) atoms. The molecule has 5 heteroatoms. The summed E-state index contributed by atoms with van der Waals surface area (Å²) in [4.78, 5) is 6.93. The number of aromatic nitrogens is 1. The van der Waals surface area contributed by atoms with Crippen molar-refractivity contribution in [1.29, 1.82) is 5.26 Å². The molecular weight excluding hydrogens is 234 g/mol. The zero-order chi connectivity index (χ0) is 12.1. The van der Waals surface area contributed by atoms with E-state index in [9.17, 15) is 0 Å². The van der Waals surface area contributed by atoms with Crippen molar-refractivity contribution in [2.45, 2.75) is 25.8 Å². The van der Waals surface area contributed by atoms with Gasteiger partial charge in [0.25, 0.3) is 0 Å². The van der Waals surface area contributed by atoms with E-state index in [-0.39, 0.29) is 6.04 Å². The van der Waals surface area contributed by atoms with Crippen LogP contribution in [0.5, 0.6) is 0 Å². The predicted octanol–water partition coefficient (Wildman–Crippen LogP) is 2.13. The molecule has 1 aliphatic rings. The molecule has 0 spiro atoms. The minimum Gasteiger partial charge on any atom is -0.378 e. The summed E-state index contributed by atoms with van der Waals surface area (Å²) in [6.45, 7) is 5.42. The van der Waals surface area contributed by atoms with Crippen LogP contribution in [0, 0.1) is 18.3 Å². The number of aryl methyl sites for hydroxylation is 1. The third kappa shape index (κ3) is 3.25. The minimum absolute atomic E-state index is 0.279. The lowest BCUT2D eigenvalue weighted by molar-refractivity contribution is -0.00878. The number of thiazole rings is 1. The number of rotatable bonds is 4. The molecule has 0 unspecified atom stereocenters. The minimum atomic E-state index is 0.279. The maximum Gasteiger partial charge on any atom is 0.112 e. The Balaban J connectivity index is 1.99. The van der Waals surface area contributed by atoms with Crippen LogP contribution in [-0.2, 0) is 4.74 Å². The molecule has 92 valence electrons. The molecule has 1 aromatic rings.